The van der Waals surface area contributed by atoms with Gasteiger partial charge in [-0.1, -0.05) is 59.2 Å². The lowest BCUT2D eigenvalue weighted by Crippen LogP contribution is -1.91. The maximum absolute atomic E-state index is 8.70. The molecule has 142 valence electrons. The smallest absolute Gasteiger partial charge is 0.102 e. The molecule has 0 atom stereocenters. The number of halogens is 4. The zero-order chi connectivity index (χ0) is 19.4. The van der Waals surface area contributed by atoms with Crippen LogP contribution < -0.4 is 0 Å². The van der Waals surface area contributed by atoms with Crippen molar-refractivity contribution >= 4 is 69.9 Å². The second-order valence-corrected chi connectivity index (χ2v) is 9.54. The van der Waals surface area contributed by atoms with Gasteiger partial charge >= 0.3 is 0 Å². The quantitative estimate of drug-likeness (QED) is 0.286. The van der Waals surface area contributed by atoms with E-state index in [2.05, 4.69) is 23.5 Å². The lowest BCUT2D eigenvalue weighted by molar-refractivity contribution is 0.764. The van der Waals surface area contributed by atoms with Gasteiger partial charge in [-0.25, -0.2) is 0 Å². The molecule has 0 radical (unpaired) electrons. The molecule has 0 aliphatic carbocycles. The van der Waals surface area contributed by atoms with E-state index >= 15 is 0 Å². The highest BCUT2D eigenvalue weighted by atomic mass is 35.5. The van der Waals surface area contributed by atoms with E-state index in [9.17, 15) is 0 Å². The summed E-state index contributed by atoms with van der Waals surface area (Å²) in [7, 11) is 0. The third-order valence-electron chi connectivity index (χ3n) is 3.64. The van der Waals surface area contributed by atoms with Crippen LogP contribution >= 0.6 is 69.9 Å². The molecule has 2 fully saturated rings. The van der Waals surface area contributed by atoms with E-state index in [-0.39, 0.29) is 31.2 Å². The van der Waals surface area contributed by atoms with Crippen LogP contribution in [0.4, 0.5) is 0 Å². The minimum atomic E-state index is -0.0746. The van der Waals surface area contributed by atoms with Crippen molar-refractivity contribution in [3.05, 3.63) is 31.2 Å². The summed E-state index contributed by atoms with van der Waals surface area (Å²) in [5, 5.41) is 17.2. The molecule has 0 N–H and O–H groups in total. The van der Waals surface area contributed by atoms with E-state index < -0.39 is 0 Å². The summed E-state index contributed by atoms with van der Waals surface area (Å²) in [5.41, 5.74) is -0.0847. The molecule has 2 heterocycles. The first-order valence-corrected chi connectivity index (χ1v) is 12.2. The van der Waals surface area contributed by atoms with Gasteiger partial charge in [0.2, 0.25) is 0 Å². The van der Waals surface area contributed by atoms with Gasteiger partial charge in [0.05, 0.1) is 31.2 Å². The Morgan fingerprint density at radius 2 is 0.885 bits per heavy atom. The Morgan fingerprint density at radius 3 is 1.08 bits per heavy atom. The van der Waals surface area contributed by atoms with Crippen LogP contribution in [-0.2, 0) is 0 Å². The van der Waals surface area contributed by atoms with Gasteiger partial charge in [-0.05, 0) is 48.7 Å². The maximum Gasteiger partial charge on any atom is 0.102 e. The molecule has 0 unspecified atom stereocenters. The molecule has 1 aromatic rings. The second kappa shape index (κ2) is 14.1. The van der Waals surface area contributed by atoms with Crippen molar-refractivity contribution in [3.63, 3.8) is 0 Å². The molecule has 2 saturated heterocycles. The molecule has 26 heavy (non-hydrogen) atoms. The summed E-state index contributed by atoms with van der Waals surface area (Å²) in [6.45, 7) is 0. The summed E-state index contributed by atoms with van der Waals surface area (Å²) < 4.78 is 0. The van der Waals surface area contributed by atoms with E-state index in [1.165, 1.54) is 61.5 Å². The van der Waals surface area contributed by atoms with Gasteiger partial charge in [0.25, 0.3) is 0 Å². The highest BCUT2D eigenvalue weighted by Crippen LogP contribution is 2.40. The first-order valence-electron chi connectivity index (χ1n) is 8.36. The molecule has 8 heteroatoms. The molecule has 0 aromatic heterocycles. The van der Waals surface area contributed by atoms with E-state index in [1.807, 2.05) is 0 Å². The molecule has 0 bridgehead atoms. The normalized spacial score (nSPS) is 16.1. The number of hydrogen-bond donors (Lipinski definition) is 0. The SMILES string of the molecule is C1CCSCC1.C1CCSCC1.N#Cc1c(Cl)c(Cl)c(Cl)c(C#N)c1Cl. The first kappa shape index (κ1) is 24.1. The highest BCUT2D eigenvalue weighted by Gasteiger charge is 2.19. The van der Waals surface area contributed by atoms with Crippen LogP contribution in [0.1, 0.15) is 49.7 Å². The van der Waals surface area contributed by atoms with Crippen molar-refractivity contribution in [2.24, 2.45) is 0 Å². The van der Waals surface area contributed by atoms with Gasteiger partial charge in [-0.3, -0.25) is 0 Å². The zero-order valence-corrected chi connectivity index (χ0v) is 19.0. The first-order chi connectivity index (χ1) is 12.5. The van der Waals surface area contributed by atoms with Crippen molar-refractivity contribution in [1.82, 2.24) is 0 Å². The van der Waals surface area contributed by atoms with Gasteiger partial charge in [-0.2, -0.15) is 34.0 Å². The van der Waals surface area contributed by atoms with E-state index in [0.717, 1.165) is 0 Å². The topological polar surface area (TPSA) is 47.6 Å². The van der Waals surface area contributed by atoms with Gasteiger partial charge in [0.15, 0.2) is 0 Å². The number of benzene rings is 1. The van der Waals surface area contributed by atoms with Crippen molar-refractivity contribution in [3.8, 4) is 12.1 Å². The minimum absolute atomic E-state index is 0.0363. The second-order valence-electron chi connectivity index (χ2n) is 5.58. The van der Waals surface area contributed by atoms with Crippen LogP contribution in [0.25, 0.3) is 0 Å². The predicted octanol–water partition coefficient (Wildman–Crippen LogP) is 7.85. The van der Waals surface area contributed by atoms with E-state index in [1.54, 1.807) is 12.1 Å². The van der Waals surface area contributed by atoms with Crippen molar-refractivity contribution in [1.29, 1.82) is 10.5 Å². The van der Waals surface area contributed by atoms with Gasteiger partial charge in [0, 0.05) is 0 Å². The monoisotopic (exact) mass is 468 g/mol. The Morgan fingerprint density at radius 1 is 0.538 bits per heavy atom. The lowest BCUT2D eigenvalue weighted by Gasteiger charge is -2.05. The molecular formula is C18H20Cl4N2S2. The summed E-state index contributed by atoms with van der Waals surface area (Å²) in [6, 6.07) is 3.50. The molecule has 0 amide bonds. The third kappa shape index (κ3) is 7.97. The Kier molecular flexibility index (Phi) is 13.1. The Labute approximate surface area is 184 Å². The molecule has 0 spiro atoms. The van der Waals surface area contributed by atoms with Crippen molar-refractivity contribution in [2.75, 3.05) is 23.0 Å². The average molecular weight is 470 g/mol. The standard InChI is InChI=1S/C8Cl4N2.2C5H10S/c9-5-3(1-13)6(10)8(12)7(11)4(5)2-14;2*1-2-4-6-5-3-1/h;2*1-5H2. The Hall–Kier alpha value is 0.0600. The van der Waals surface area contributed by atoms with Crippen LogP contribution in [0.2, 0.25) is 20.1 Å². The number of nitrogens with zero attached hydrogens (tertiary/aromatic N) is 2. The largest absolute Gasteiger partial charge is 0.192 e. The highest BCUT2D eigenvalue weighted by molar-refractivity contribution is 7.99. The van der Waals surface area contributed by atoms with Crippen molar-refractivity contribution in [2.45, 2.75) is 38.5 Å². The average Bonchev–Trinajstić information content (AvgIpc) is 2.71. The van der Waals surface area contributed by atoms with E-state index in [4.69, 9.17) is 56.9 Å². The molecule has 0 saturated carbocycles. The fourth-order valence-electron chi connectivity index (χ4n) is 2.20. The molecule has 2 aliphatic heterocycles. The van der Waals surface area contributed by atoms with Gasteiger partial charge < -0.3 is 0 Å². The minimum Gasteiger partial charge on any atom is -0.192 e. The van der Waals surface area contributed by atoms with Crippen LogP contribution in [0.15, 0.2) is 0 Å². The lowest BCUT2D eigenvalue weighted by atomic mass is 10.1. The summed E-state index contributed by atoms with van der Waals surface area (Å²) in [4.78, 5) is 0. The van der Waals surface area contributed by atoms with Crippen LogP contribution in [0.3, 0.4) is 0 Å². The van der Waals surface area contributed by atoms with Gasteiger partial charge in [-0.15, -0.1) is 0 Å². The molecule has 2 aliphatic rings. The molecule has 3 rings (SSSR count). The third-order valence-corrected chi connectivity index (χ3v) is 7.66. The zero-order valence-electron chi connectivity index (χ0n) is 14.3. The summed E-state index contributed by atoms with van der Waals surface area (Å²) in [6.07, 6.45) is 8.81. The van der Waals surface area contributed by atoms with Crippen LogP contribution in [0, 0.1) is 22.7 Å². The molecular weight excluding hydrogens is 450 g/mol. The Balaban J connectivity index is 0.000000230. The van der Waals surface area contributed by atoms with E-state index in [0.29, 0.717) is 0 Å². The fraction of sp³-hybridized carbons (Fsp3) is 0.556. The molecule has 1 aromatic carbocycles. The number of nitriles is 2. The number of thioether (sulfide) groups is 2. The summed E-state index contributed by atoms with van der Waals surface area (Å²) >= 11 is 27.0. The fourth-order valence-corrected chi connectivity index (χ4v) is 5.32. The predicted molar refractivity (Wildman–Crippen MR) is 118 cm³/mol. The van der Waals surface area contributed by atoms with Crippen LogP contribution in [0.5, 0.6) is 0 Å². The van der Waals surface area contributed by atoms with Crippen LogP contribution in [-0.4, -0.2) is 23.0 Å². The number of rotatable bonds is 0. The van der Waals surface area contributed by atoms with Crippen molar-refractivity contribution < 1.29 is 0 Å². The molecule has 2 nitrogen and oxygen atoms in total. The number of hydrogen-bond acceptors (Lipinski definition) is 4. The maximum atomic E-state index is 8.70. The van der Waals surface area contributed by atoms with Gasteiger partial charge in [0.1, 0.15) is 12.1 Å². The summed E-state index contributed by atoms with van der Waals surface area (Å²) in [5.74, 6) is 5.67. The Bertz CT molecular complexity index is 585.